The van der Waals surface area contributed by atoms with Gasteiger partial charge in [-0.25, -0.2) is 0 Å². The molecule has 21 heavy (non-hydrogen) atoms. The van der Waals surface area contributed by atoms with E-state index in [2.05, 4.69) is 0 Å². The van der Waals surface area contributed by atoms with Gasteiger partial charge in [0.25, 0.3) is 0 Å². The normalized spacial score (nSPS) is 15.3. The van der Waals surface area contributed by atoms with Crippen LogP contribution in [0.25, 0.3) is 0 Å². The molecule has 3 N–H and O–H groups in total. The van der Waals surface area contributed by atoms with Gasteiger partial charge >= 0.3 is 66.7 Å². The van der Waals surface area contributed by atoms with E-state index in [-0.39, 0.29) is 65.7 Å². The van der Waals surface area contributed by atoms with E-state index in [9.17, 15) is 24.0 Å². The molecule has 1 atom stereocenters. The Kier molecular flexibility index (Phi) is 14.6. The van der Waals surface area contributed by atoms with Gasteiger partial charge in [0, 0.05) is 13.0 Å². The molecule has 0 aromatic rings. The molecular formula is C9H21NNa2O7P2. The van der Waals surface area contributed by atoms with Gasteiger partial charge in [0.1, 0.15) is 0 Å². The van der Waals surface area contributed by atoms with Gasteiger partial charge in [-0.15, -0.1) is 0 Å². The average molecular weight is 363 g/mol. The second kappa shape index (κ2) is 11.0. The maximum atomic E-state index is 11.0. The first-order valence-electron chi connectivity index (χ1n) is 5.80. The summed E-state index contributed by atoms with van der Waals surface area (Å²) in [7, 11) is -9.69. The molecule has 12 heteroatoms. The zero-order chi connectivity index (χ0) is 15.5. The van der Waals surface area contributed by atoms with E-state index in [4.69, 9.17) is 9.79 Å². The first-order chi connectivity index (χ1) is 8.31. The van der Waals surface area contributed by atoms with Crippen LogP contribution in [0.5, 0.6) is 0 Å². The standard InChI is InChI=1S/C9H23NO7P2.2Na/c1-8(2)4-6-10(3)7-5-9(11,18(12,13)14)19(15,16)17;;/h8,11H,4-7H2,1-3H3,(H2,12,13,14)(H2,15,16,17);;/q;2*+1/p-2. The molecule has 0 aromatic carbocycles. The van der Waals surface area contributed by atoms with Gasteiger partial charge in [-0.3, -0.25) is 4.57 Å². The van der Waals surface area contributed by atoms with Gasteiger partial charge < -0.3 is 34.1 Å². The Bertz CT molecular complexity index is 362. The zero-order valence-corrected chi connectivity index (χ0v) is 19.0. The van der Waals surface area contributed by atoms with E-state index in [0.29, 0.717) is 12.5 Å². The third-order valence-electron chi connectivity index (χ3n) is 2.82. The summed E-state index contributed by atoms with van der Waals surface area (Å²) in [5.74, 6) is 0.410. The van der Waals surface area contributed by atoms with Crippen molar-refractivity contribution in [1.82, 2.24) is 4.90 Å². The topological polar surface area (TPSA) is 144 Å². The Morgan fingerprint density at radius 1 is 1.14 bits per heavy atom. The fourth-order valence-electron chi connectivity index (χ4n) is 1.37. The Labute approximate surface area is 169 Å². The largest absolute Gasteiger partial charge is 1.00 e. The first-order valence-corrected chi connectivity index (χ1v) is 8.95. The fraction of sp³-hybridized carbons (Fsp3) is 1.00. The van der Waals surface area contributed by atoms with E-state index in [1.165, 1.54) is 0 Å². The minimum atomic E-state index is -5.84. The van der Waals surface area contributed by atoms with E-state index in [0.717, 1.165) is 6.42 Å². The smallest absolute Gasteiger partial charge is 0.808 e. The average Bonchev–Trinajstić information content (AvgIpc) is 2.19. The SMILES string of the molecule is CC(C)CCN(C)CCC(O)(P(=O)([O-])[O-])P(=O)(O)O.[Na+].[Na+]. The summed E-state index contributed by atoms with van der Waals surface area (Å²) in [6, 6.07) is 0. The van der Waals surface area contributed by atoms with Crippen LogP contribution in [0.2, 0.25) is 0 Å². The Morgan fingerprint density at radius 2 is 1.57 bits per heavy atom. The fourth-order valence-corrected chi connectivity index (χ4v) is 3.41. The van der Waals surface area contributed by atoms with Crippen LogP contribution >= 0.6 is 15.2 Å². The van der Waals surface area contributed by atoms with Gasteiger partial charge in [-0.05, 0) is 33.5 Å². The van der Waals surface area contributed by atoms with Gasteiger partial charge in [0.2, 0.25) is 0 Å². The van der Waals surface area contributed by atoms with Gasteiger partial charge in [-0.1, -0.05) is 13.8 Å². The zero-order valence-electron chi connectivity index (χ0n) is 13.2. The van der Waals surface area contributed by atoms with Crippen LogP contribution in [0, 0.1) is 5.92 Å². The summed E-state index contributed by atoms with van der Waals surface area (Å²) in [6.45, 7) is 4.44. The van der Waals surface area contributed by atoms with Crippen LogP contribution in [-0.4, -0.2) is 45.0 Å². The predicted molar refractivity (Wildman–Crippen MR) is 66.2 cm³/mol. The van der Waals surface area contributed by atoms with Crippen LogP contribution in [0.15, 0.2) is 0 Å². The number of hydrogen-bond acceptors (Lipinski definition) is 6. The summed E-state index contributed by atoms with van der Waals surface area (Å²) in [6.07, 6.45) is -0.0204. The second-order valence-electron chi connectivity index (χ2n) is 5.05. The monoisotopic (exact) mass is 363 g/mol. The van der Waals surface area contributed by atoms with Crippen molar-refractivity contribution in [1.29, 1.82) is 0 Å². The van der Waals surface area contributed by atoms with E-state index >= 15 is 0 Å². The molecule has 0 heterocycles. The maximum absolute atomic E-state index is 11.0. The minimum Gasteiger partial charge on any atom is -0.808 e. The van der Waals surface area contributed by atoms with Crippen molar-refractivity contribution < 1.29 is 92.9 Å². The predicted octanol–water partition coefficient (Wildman–Crippen LogP) is -6.90. The molecule has 8 nitrogen and oxygen atoms in total. The van der Waals surface area contributed by atoms with Crippen LogP contribution in [0.4, 0.5) is 0 Å². The summed E-state index contributed by atoms with van der Waals surface area (Å²) < 4.78 is 21.9. The van der Waals surface area contributed by atoms with Crippen molar-refractivity contribution in [3.63, 3.8) is 0 Å². The summed E-state index contributed by atoms with van der Waals surface area (Å²) in [4.78, 5) is 41.1. The summed E-state index contributed by atoms with van der Waals surface area (Å²) >= 11 is 0. The van der Waals surface area contributed by atoms with Gasteiger partial charge in [0.05, 0.1) is 0 Å². The molecular weight excluding hydrogens is 342 g/mol. The van der Waals surface area contributed by atoms with Crippen molar-refractivity contribution in [2.24, 2.45) is 5.92 Å². The number of nitrogens with zero attached hydrogens (tertiary/aromatic N) is 1. The maximum Gasteiger partial charge on any atom is 1.00 e. The van der Waals surface area contributed by atoms with Crippen molar-refractivity contribution in [2.45, 2.75) is 31.8 Å². The molecule has 0 fully saturated rings. The molecule has 0 aliphatic rings. The molecule has 0 saturated heterocycles. The molecule has 0 aliphatic heterocycles. The van der Waals surface area contributed by atoms with Crippen LogP contribution in [0.3, 0.4) is 0 Å². The number of rotatable bonds is 8. The first kappa shape index (κ1) is 28.0. The Morgan fingerprint density at radius 3 is 1.86 bits per heavy atom. The Hall–Kier alpha value is 2.22. The van der Waals surface area contributed by atoms with E-state index < -0.39 is 26.7 Å². The van der Waals surface area contributed by atoms with Crippen LogP contribution in [-0.2, 0) is 9.13 Å². The summed E-state index contributed by atoms with van der Waals surface area (Å²) in [5.41, 5.74) is 0. The minimum absolute atomic E-state index is 0. The van der Waals surface area contributed by atoms with E-state index in [1.807, 2.05) is 13.8 Å². The third-order valence-corrected chi connectivity index (χ3v) is 6.60. The van der Waals surface area contributed by atoms with Crippen molar-refractivity contribution in [3.8, 4) is 0 Å². The Balaban J connectivity index is -0.00000162. The molecule has 0 rings (SSSR count). The summed E-state index contributed by atoms with van der Waals surface area (Å²) in [5, 5.41) is 6.00. The van der Waals surface area contributed by atoms with E-state index in [1.54, 1.807) is 11.9 Å². The van der Waals surface area contributed by atoms with Crippen molar-refractivity contribution >= 4 is 15.2 Å². The quantitative estimate of drug-likeness (QED) is 0.285. The molecule has 0 spiro atoms. The van der Waals surface area contributed by atoms with Gasteiger partial charge in [0.15, 0.2) is 5.08 Å². The third kappa shape index (κ3) is 9.32. The molecule has 0 aromatic heterocycles. The molecule has 0 bridgehead atoms. The van der Waals surface area contributed by atoms with Crippen molar-refractivity contribution in [2.75, 3.05) is 20.1 Å². The molecule has 0 aliphatic carbocycles. The number of aliphatic hydroxyl groups is 1. The van der Waals surface area contributed by atoms with Crippen molar-refractivity contribution in [3.05, 3.63) is 0 Å². The number of hydrogen-bond donors (Lipinski definition) is 3. The second-order valence-corrected chi connectivity index (χ2v) is 8.97. The molecule has 0 saturated carbocycles. The molecule has 0 amide bonds. The molecule has 116 valence electrons. The van der Waals surface area contributed by atoms with Crippen LogP contribution in [0.1, 0.15) is 26.7 Å². The molecule has 1 unspecified atom stereocenters. The molecule has 0 radical (unpaired) electrons. The van der Waals surface area contributed by atoms with Gasteiger partial charge in [-0.2, -0.15) is 0 Å². The van der Waals surface area contributed by atoms with Crippen LogP contribution < -0.4 is 68.9 Å².